The second-order valence-electron chi connectivity index (χ2n) is 3.16. The third-order valence-electron chi connectivity index (χ3n) is 1.97. The number of thiophene rings is 1. The molecular weight excluding hydrogens is 182 g/mol. The fourth-order valence-corrected chi connectivity index (χ4v) is 2.31. The average molecular weight is 193 g/mol. The Kier molecular flexibility index (Phi) is 1.98. The number of aromatic hydroxyl groups is 1. The second-order valence-corrected chi connectivity index (χ2v) is 4.27. The molecule has 1 unspecified atom stereocenters. The van der Waals surface area contributed by atoms with Gasteiger partial charge < -0.3 is 10.8 Å². The van der Waals surface area contributed by atoms with Crippen molar-refractivity contribution in [2.24, 2.45) is 5.73 Å². The summed E-state index contributed by atoms with van der Waals surface area (Å²) in [6.07, 6.45) is 0. The van der Waals surface area contributed by atoms with E-state index >= 15 is 0 Å². The highest BCUT2D eigenvalue weighted by atomic mass is 32.1. The van der Waals surface area contributed by atoms with Crippen molar-refractivity contribution >= 4 is 21.4 Å². The molecule has 0 aliphatic heterocycles. The highest BCUT2D eigenvalue weighted by Gasteiger charge is 2.05. The molecule has 0 aliphatic carbocycles. The van der Waals surface area contributed by atoms with Gasteiger partial charge >= 0.3 is 0 Å². The van der Waals surface area contributed by atoms with Gasteiger partial charge in [-0.3, -0.25) is 0 Å². The molecule has 2 nitrogen and oxygen atoms in total. The largest absolute Gasteiger partial charge is 0.508 e. The van der Waals surface area contributed by atoms with E-state index in [0.29, 0.717) is 5.75 Å². The summed E-state index contributed by atoms with van der Waals surface area (Å²) in [6, 6.07) is 7.52. The number of hydrogen-bond acceptors (Lipinski definition) is 3. The quantitative estimate of drug-likeness (QED) is 0.731. The van der Waals surface area contributed by atoms with Gasteiger partial charge in [-0.05, 0) is 36.6 Å². The summed E-state index contributed by atoms with van der Waals surface area (Å²) in [7, 11) is 0. The zero-order valence-corrected chi connectivity index (χ0v) is 8.14. The highest BCUT2D eigenvalue weighted by molar-refractivity contribution is 7.19. The van der Waals surface area contributed by atoms with Crippen molar-refractivity contribution in [3.63, 3.8) is 0 Å². The molecule has 3 heteroatoms. The van der Waals surface area contributed by atoms with Gasteiger partial charge in [0.2, 0.25) is 0 Å². The number of hydrogen-bond donors (Lipinski definition) is 2. The maximum absolute atomic E-state index is 9.25. The molecule has 0 aliphatic rings. The lowest BCUT2D eigenvalue weighted by molar-refractivity contribution is 0.476. The smallest absolute Gasteiger partial charge is 0.117 e. The van der Waals surface area contributed by atoms with E-state index in [4.69, 9.17) is 5.73 Å². The molecule has 0 bridgehead atoms. The van der Waals surface area contributed by atoms with Crippen LogP contribution in [0.5, 0.6) is 5.75 Å². The average Bonchev–Trinajstić information content (AvgIpc) is 2.46. The van der Waals surface area contributed by atoms with Gasteiger partial charge in [0.05, 0.1) is 0 Å². The molecule has 0 amide bonds. The zero-order valence-electron chi connectivity index (χ0n) is 7.32. The molecule has 0 saturated heterocycles. The number of nitrogens with two attached hydrogens (primary N) is 1. The number of rotatable bonds is 1. The van der Waals surface area contributed by atoms with E-state index in [9.17, 15) is 5.11 Å². The van der Waals surface area contributed by atoms with Gasteiger partial charge in [0.15, 0.2) is 0 Å². The van der Waals surface area contributed by atoms with Gasteiger partial charge in [-0.15, -0.1) is 11.3 Å². The van der Waals surface area contributed by atoms with E-state index in [1.807, 2.05) is 13.0 Å². The van der Waals surface area contributed by atoms with Gasteiger partial charge in [0.25, 0.3) is 0 Å². The maximum Gasteiger partial charge on any atom is 0.117 e. The molecular formula is C10H11NOS. The molecule has 1 heterocycles. The lowest BCUT2D eigenvalue weighted by Crippen LogP contribution is -2.01. The van der Waals surface area contributed by atoms with Crippen molar-refractivity contribution in [1.82, 2.24) is 0 Å². The summed E-state index contributed by atoms with van der Waals surface area (Å²) in [5, 5.41) is 10.4. The fraction of sp³-hybridized carbons (Fsp3) is 0.200. The van der Waals surface area contributed by atoms with Crippen LogP contribution in [0, 0.1) is 0 Å². The molecule has 2 rings (SSSR count). The van der Waals surface area contributed by atoms with Crippen LogP contribution in [0.15, 0.2) is 24.3 Å². The van der Waals surface area contributed by atoms with Crippen molar-refractivity contribution in [1.29, 1.82) is 0 Å². The second kappa shape index (κ2) is 3.01. The van der Waals surface area contributed by atoms with E-state index in [-0.39, 0.29) is 6.04 Å². The highest BCUT2D eigenvalue weighted by Crippen LogP contribution is 2.31. The van der Waals surface area contributed by atoms with Crippen LogP contribution in [0.1, 0.15) is 17.8 Å². The van der Waals surface area contributed by atoms with Crippen molar-refractivity contribution in [2.45, 2.75) is 13.0 Å². The van der Waals surface area contributed by atoms with Crippen LogP contribution in [0.3, 0.4) is 0 Å². The van der Waals surface area contributed by atoms with Gasteiger partial charge in [-0.25, -0.2) is 0 Å². The van der Waals surface area contributed by atoms with E-state index in [1.165, 1.54) is 0 Å². The van der Waals surface area contributed by atoms with Gasteiger partial charge in [-0.1, -0.05) is 0 Å². The van der Waals surface area contributed by atoms with E-state index < -0.39 is 0 Å². The molecule has 2 aromatic rings. The Morgan fingerprint density at radius 1 is 1.38 bits per heavy atom. The molecule has 0 fully saturated rings. The normalized spacial score (nSPS) is 13.4. The predicted molar refractivity (Wildman–Crippen MR) is 56.1 cm³/mol. The molecule has 68 valence electrons. The van der Waals surface area contributed by atoms with E-state index in [0.717, 1.165) is 15.0 Å². The third-order valence-corrected chi connectivity index (χ3v) is 3.27. The zero-order chi connectivity index (χ0) is 9.42. The van der Waals surface area contributed by atoms with Crippen LogP contribution >= 0.6 is 11.3 Å². The summed E-state index contributed by atoms with van der Waals surface area (Å²) < 4.78 is 1.09. The summed E-state index contributed by atoms with van der Waals surface area (Å²) in [5.74, 6) is 0.311. The topological polar surface area (TPSA) is 46.2 Å². The number of fused-ring (bicyclic) bond motifs is 1. The standard InChI is InChI=1S/C10H11NOS/c1-6(11)9-4-7-2-3-8(12)5-10(7)13-9/h2-6,12H,11H2,1H3. The van der Waals surface area contributed by atoms with Crippen LogP contribution in [0.4, 0.5) is 0 Å². The minimum Gasteiger partial charge on any atom is -0.508 e. The first-order chi connectivity index (χ1) is 6.16. The summed E-state index contributed by atoms with van der Waals surface area (Å²) in [6.45, 7) is 1.96. The Labute approximate surface area is 80.6 Å². The van der Waals surface area contributed by atoms with E-state index in [1.54, 1.807) is 23.5 Å². The lowest BCUT2D eigenvalue weighted by Gasteiger charge is -1.96. The third kappa shape index (κ3) is 1.53. The Hall–Kier alpha value is -1.06. The first-order valence-electron chi connectivity index (χ1n) is 4.15. The van der Waals surface area contributed by atoms with Gasteiger partial charge in [0, 0.05) is 15.6 Å². The summed E-state index contributed by atoms with van der Waals surface area (Å²) >= 11 is 1.63. The Morgan fingerprint density at radius 3 is 2.85 bits per heavy atom. The first-order valence-corrected chi connectivity index (χ1v) is 4.96. The van der Waals surface area contributed by atoms with Crippen LogP contribution < -0.4 is 5.73 Å². The van der Waals surface area contributed by atoms with Crippen LogP contribution in [-0.4, -0.2) is 5.11 Å². The van der Waals surface area contributed by atoms with Gasteiger partial charge in [-0.2, -0.15) is 0 Å². The summed E-state index contributed by atoms with van der Waals surface area (Å²) in [5.41, 5.74) is 5.76. The number of benzene rings is 1. The molecule has 1 aromatic carbocycles. The lowest BCUT2D eigenvalue weighted by atomic mass is 10.2. The molecule has 0 spiro atoms. The van der Waals surface area contributed by atoms with Crippen LogP contribution in [0.2, 0.25) is 0 Å². The monoisotopic (exact) mass is 193 g/mol. The Morgan fingerprint density at radius 2 is 2.15 bits per heavy atom. The molecule has 1 atom stereocenters. The number of phenolic OH excluding ortho intramolecular Hbond substituents is 1. The van der Waals surface area contributed by atoms with Crippen LogP contribution in [-0.2, 0) is 0 Å². The Balaban J connectivity index is 2.62. The first kappa shape index (κ1) is 8.53. The molecule has 3 N–H and O–H groups in total. The minimum atomic E-state index is 0.0690. The molecule has 0 saturated carbocycles. The van der Waals surface area contributed by atoms with Crippen LogP contribution in [0.25, 0.3) is 10.1 Å². The molecule has 13 heavy (non-hydrogen) atoms. The maximum atomic E-state index is 9.25. The molecule has 1 aromatic heterocycles. The van der Waals surface area contributed by atoms with Crippen molar-refractivity contribution in [2.75, 3.05) is 0 Å². The van der Waals surface area contributed by atoms with E-state index in [2.05, 4.69) is 6.07 Å². The predicted octanol–water partition coefficient (Wildman–Crippen LogP) is 2.63. The van der Waals surface area contributed by atoms with Crippen molar-refractivity contribution in [3.05, 3.63) is 29.1 Å². The number of phenols is 1. The van der Waals surface area contributed by atoms with Gasteiger partial charge in [0.1, 0.15) is 5.75 Å². The fourth-order valence-electron chi connectivity index (χ4n) is 1.26. The molecule has 0 radical (unpaired) electrons. The SMILES string of the molecule is CC(N)c1cc2ccc(O)cc2s1. The Bertz CT molecular complexity index is 433. The minimum absolute atomic E-state index is 0.0690. The summed E-state index contributed by atoms with van der Waals surface area (Å²) in [4.78, 5) is 1.15. The van der Waals surface area contributed by atoms with Crippen molar-refractivity contribution in [3.8, 4) is 5.75 Å². The van der Waals surface area contributed by atoms with Crippen molar-refractivity contribution < 1.29 is 5.11 Å².